The standard InChI is InChI=1S/C60H40O3/c1-4-21-52-48(15-1)49-20-9-19-47(60(49)63-52)44-14-8-12-42(36-44)38-27-31-40(32-28-38)57-46(33-34-56-59(57)51-17-3-6-23-54(51)62-56)39-29-25-37(26-30-39)41-11-7-13-43(35-41)45-18-10-24-55-58(45)50-16-2-5-22-53(50)61-55/h1-17,19-36,45,50,53H,18H2. The lowest BCUT2D eigenvalue weighted by Crippen LogP contribution is -2.19. The Balaban J connectivity index is 0.858. The average Bonchev–Trinajstić information content (AvgIpc) is 4.05. The van der Waals surface area contributed by atoms with E-state index in [4.69, 9.17) is 13.6 Å². The lowest BCUT2D eigenvalue weighted by Gasteiger charge is -2.25. The van der Waals surface area contributed by atoms with E-state index >= 15 is 0 Å². The Bertz CT molecular complexity index is 3570. The zero-order valence-corrected chi connectivity index (χ0v) is 34.4. The third-order valence-electron chi connectivity index (χ3n) is 13.5. The van der Waals surface area contributed by atoms with Gasteiger partial charge in [0.2, 0.25) is 0 Å². The number of para-hydroxylation sites is 3. The summed E-state index contributed by atoms with van der Waals surface area (Å²) in [5, 5.41) is 4.52. The van der Waals surface area contributed by atoms with E-state index in [1.54, 1.807) is 0 Å². The molecule has 0 amide bonds. The number of fused-ring (bicyclic) bond motifs is 8. The third-order valence-corrected chi connectivity index (χ3v) is 13.5. The Morgan fingerprint density at radius 1 is 0.444 bits per heavy atom. The van der Waals surface area contributed by atoms with Crippen molar-refractivity contribution in [2.45, 2.75) is 18.4 Å². The number of ether oxygens (including phenoxy) is 1. The molecule has 3 aliphatic rings. The summed E-state index contributed by atoms with van der Waals surface area (Å²) >= 11 is 0. The number of hydrogen-bond donors (Lipinski definition) is 0. The highest BCUT2D eigenvalue weighted by molar-refractivity contribution is 6.16. The van der Waals surface area contributed by atoms with Crippen LogP contribution in [0.25, 0.3) is 99.5 Å². The maximum atomic E-state index is 6.47. The monoisotopic (exact) mass is 808 g/mol. The maximum absolute atomic E-state index is 6.47. The minimum Gasteiger partial charge on any atom is -0.485 e. The van der Waals surface area contributed by atoms with Crippen molar-refractivity contribution >= 4 is 43.9 Å². The van der Waals surface area contributed by atoms with Gasteiger partial charge in [0.15, 0.2) is 0 Å². The van der Waals surface area contributed by atoms with Gasteiger partial charge in [-0.3, -0.25) is 0 Å². The Morgan fingerprint density at radius 2 is 1.11 bits per heavy atom. The molecule has 8 aromatic carbocycles. The Morgan fingerprint density at radius 3 is 1.95 bits per heavy atom. The Hall–Kier alpha value is -7.88. The third kappa shape index (κ3) is 5.88. The van der Waals surface area contributed by atoms with Crippen molar-refractivity contribution in [2.24, 2.45) is 5.92 Å². The zero-order chi connectivity index (χ0) is 41.4. The van der Waals surface area contributed by atoms with Crippen molar-refractivity contribution < 1.29 is 13.6 Å². The normalized spacial score (nSPS) is 17.8. The number of furan rings is 2. The van der Waals surface area contributed by atoms with Gasteiger partial charge < -0.3 is 13.6 Å². The lowest BCUT2D eigenvalue weighted by molar-refractivity contribution is 0.173. The molecule has 0 bridgehead atoms. The van der Waals surface area contributed by atoms with Crippen LogP contribution in [0.2, 0.25) is 0 Å². The fourth-order valence-corrected chi connectivity index (χ4v) is 10.5. The van der Waals surface area contributed by atoms with Crippen LogP contribution in [0.3, 0.4) is 0 Å². The van der Waals surface area contributed by atoms with Crippen molar-refractivity contribution in [3.63, 3.8) is 0 Å². The van der Waals surface area contributed by atoms with Gasteiger partial charge in [0.1, 0.15) is 34.2 Å². The molecule has 0 radical (unpaired) electrons. The molecule has 2 aliphatic carbocycles. The molecule has 63 heavy (non-hydrogen) atoms. The Labute approximate surface area is 365 Å². The van der Waals surface area contributed by atoms with Crippen LogP contribution in [0.15, 0.2) is 233 Å². The van der Waals surface area contributed by atoms with Crippen LogP contribution in [0.5, 0.6) is 0 Å². The van der Waals surface area contributed by atoms with Gasteiger partial charge in [-0.2, -0.15) is 0 Å². The van der Waals surface area contributed by atoms with Gasteiger partial charge in [-0.15, -0.1) is 0 Å². The number of hydrogen-bond acceptors (Lipinski definition) is 3. The SMILES string of the molecule is C1=CC2OC3=C(C(c4cccc(-c5ccc(-c6ccc7oc8ccccc8c7c6-c6ccc(-c7cccc(-c8cccc9c8oc8ccccc89)c7)cc6)cc5)c4)CC=C3)C2C=C1. The summed E-state index contributed by atoms with van der Waals surface area (Å²) in [5.41, 5.74) is 17.9. The topological polar surface area (TPSA) is 35.5 Å². The highest BCUT2D eigenvalue weighted by atomic mass is 16.5. The molecule has 3 atom stereocenters. The minimum atomic E-state index is 0.0939. The van der Waals surface area contributed by atoms with Crippen LogP contribution in [-0.2, 0) is 4.74 Å². The number of benzene rings is 8. The van der Waals surface area contributed by atoms with Gasteiger partial charge in [0.25, 0.3) is 0 Å². The van der Waals surface area contributed by atoms with Crippen molar-refractivity contribution in [3.8, 4) is 55.6 Å². The first-order chi connectivity index (χ1) is 31.2. The quantitative estimate of drug-likeness (QED) is 0.168. The van der Waals surface area contributed by atoms with Crippen molar-refractivity contribution in [1.82, 2.24) is 0 Å². The number of rotatable bonds is 6. The molecule has 298 valence electrons. The predicted molar refractivity (Wildman–Crippen MR) is 258 cm³/mol. The molecule has 3 heterocycles. The molecular weight excluding hydrogens is 769 g/mol. The van der Waals surface area contributed by atoms with E-state index in [1.807, 2.05) is 18.2 Å². The molecule has 3 heteroatoms. The predicted octanol–water partition coefficient (Wildman–Crippen LogP) is 16.3. The molecule has 3 nitrogen and oxygen atoms in total. The molecule has 0 spiro atoms. The van der Waals surface area contributed by atoms with Crippen molar-refractivity contribution in [1.29, 1.82) is 0 Å². The molecular formula is C60H40O3. The molecule has 3 unspecified atom stereocenters. The van der Waals surface area contributed by atoms with E-state index in [2.05, 4.69) is 194 Å². The first-order valence-corrected chi connectivity index (χ1v) is 21.9. The molecule has 0 N–H and O–H groups in total. The second-order valence-electron chi connectivity index (χ2n) is 17.0. The fraction of sp³-hybridized carbons (Fsp3) is 0.0667. The molecule has 0 saturated heterocycles. The van der Waals surface area contributed by atoms with Gasteiger partial charge in [-0.05, 0) is 98.5 Å². The summed E-state index contributed by atoms with van der Waals surface area (Å²) in [6.07, 6.45) is 14.3. The largest absolute Gasteiger partial charge is 0.485 e. The van der Waals surface area contributed by atoms with Crippen LogP contribution in [0.1, 0.15) is 17.9 Å². The second kappa shape index (κ2) is 14.4. The summed E-state index contributed by atoms with van der Waals surface area (Å²) in [6, 6.07) is 63.4. The summed E-state index contributed by atoms with van der Waals surface area (Å²) in [4.78, 5) is 0. The summed E-state index contributed by atoms with van der Waals surface area (Å²) < 4.78 is 19.3. The summed E-state index contributed by atoms with van der Waals surface area (Å²) in [6.45, 7) is 0. The van der Waals surface area contributed by atoms with Crippen LogP contribution < -0.4 is 0 Å². The number of allylic oxidation sites excluding steroid dienone is 4. The molecule has 0 fully saturated rings. The van der Waals surface area contributed by atoms with E-state index in [1.165, 1.54) is 33.4 Å². The zero-order valence-electron chi connectivity index (χ0n) is 34.4. The van der Waals surface area contributed by atoms with Gasteiger partial charge in [-0.1, -0.05) is 176 Å². The van der Waals surface area contributed by atoms with Crippen LogP contribution in [0.4, 0.5) is 0 Å². The van der Waals surface area contributed by atoms with Crippen molar-refractivity contribution in [2.75, 3.05) is 0 Å². The van der Waals surface area contributed by atoms with Crippen LogP contribution >= 0.6 is 0 Å². The van der Waals surface area contributed by atoms with E-state index in [0.29, 0.717) is 11.8 Å². The van der Waals surface area contributed by atoms with Crippen molar-refractivity contribution in [3.05, 3.63) is 229 Å². The van der Waals surface area contributed by atoms with E-state index in [9.17, 15) is 0 Å². The van der Waals surface area contributed by atoms with E-state index in [0.717, 1.165) is 89.4 Å². The van der Waals surface area contributed by atoms with Gasteiger partial charge in [0.05, 0.1) is 0 Å². The smallest absolute Gasteiger partial charge is 0.143 e. The minimum absolute atomic E-state index is 0.0939. The van der Waals surface area contributed by atoms with Gasteiger partial charge >= 0.3 is 0 Å². The molecule has 2 aromatic heterocycles. The maximum Gasteiger partial charge on any atom is 0.143 e. The highest BCUT2D eigenvalue weighted by Gasteiger charge is 2.39. The molecule has 10 aromatic rings. The second-order valence-corrected chi connectivity index (χ2v) is 17.0. The fourth-order valence-electron chi connectivity index (χ4n) is 10.5. The molecule has 0 saturated carbocycles. The highest BCUT2D eigenvalue weighted by Crippen LogP contribution is 2.48. The molecule has 13 rings (SSSR count). The van der Waals surface area contributed by atoms with E-state index in [-0.39, 0.29) is 6.10 Å². The lowest BCUT2D eigenvalue weighted by atomic mass is 9.76. The molecule has 1 aliphatic heterocycles. The van der Waals surface area contributed by atoms with Gasteiger partial charge in [-0.25, -0.2) is 0 Å². The van der Waals surface area contributed by atoms with Crippen LogP contribution in [0, 0.1) is 5.92 Å². The van der Waals surface area contributed by atoms with E-state index < -0.39 is 0 Å². The summed E-state index contributed by atoms with van der Waals surface area (Å²) in [5.74, 6) is 1.63. The van der Waals surface area contributed by atoms with Crippen LogP contribution in [-0.4, -0.2) is 6.10 Å². The van der Waals surface area contributed by atoms with Gasteiger partial charge in [0, 0.05) is 44.5 Å². The average molecular weight is 809 g/mol. The first-order valence-electron chi connectivity index (χ1n) is 21.9. The first kappa shape index (κ1) is 35.8. The summed E-state index contributed by atoms with van der Waals surface area (Å²) in [7, 11) is 0. The Kier molecular flexibility index (Phi) is 8.17.